The topological polar surface area (TPSA) is 61.4 Å². The van der Waals surface area contributed by atoms with Gasteiger partial charge in [0.1, 0.15) is 0 Å². The van der Waals surface area contributed by atoms with Crippen LogP contribution in [0.2, 0.25) is 5.02 Å². The minimum Gasteiger partial charge on any atom is -0.308 e. The molecule has 0 saturated heterocycles. The molecule has 4 rings (SSSR count). The van der Waals surface area contributed by atoms with Gasteiger partial charge in [0.15, 0.2) is 0 Å². The molecule has 146 valence electrons. The molecule has 1 aliphatic rings. The summed E-state index contributed by atoms with van der Waals surface area (Å²) in [6.45, 7) is 2.56. The smallest absolute Gasteiger partial charge is 0.308 e. The van der Waals surface area contributed by atoms with Crippen LogP contribution in [0, 0.1) is 6.92 Å². The molecule has 0 aromatic heterocycles. The van der Waals surface area contributed by atoms with Gasteiger partial charge in [0.2, 0.25) is 0 Å². The summed E-state index contributed by atoms with van der Waals surface area (Å²) in [5.41, 5.74) is 4.72. The Kier molecular flexibility index (Phi) is 5.23. The Bertz CT molecular complexity index is 1080. The van der Waals surface area contributed by atoms with Crippen LogP contribution in [0.1, 0.15) is 21.5 Å². The minimum absolute atomic E-state index is 0.0441. The van der Waals surface area contributed by atoms with E-state index in [1.807, 2.05) is 49.4 Å². The molecule has 2 N–H and O–H groups in total. The lowest BCUT2D eigenvalue weighted by Gasteiger charge is -2.18. The maximum Gasteiger partial charge on any atom is 0.323 e. The van der Waals surface area contributed by atoms with Gasteiger partial charge >= 0.3 is 6.03 Å². The summed E-state index contributed by atoms with van der Waals surface area (Å²) in [4.78, 5) is 27.0. The maximum atomic E-state index is 12.9. The highest BCUT2D eigenvalue weighted by Crippen LogP contribution is 2.32. The van der Waals surface area contributed by atoms with Crippen molar-refractivity contribution in [1.82, 2.24) is 0 Å². The zero-order valence-corrected chi connectivity index (χ0v) is 16.7. The van der Waals surface area contributed by atoms with Gasteiger partial charge in [0, 0.05) is 23.5 Å². The molecule has 0 bridgehead atoms. The molecule has 0 radical (unpaired) electrons. The van der Waals surface area contributed by atoms with Crippen LogP contribution in [0.15, 0.2) is 66.7 Å². The average molecular weight is 406 g/mol. The molecule has 0 atom stereocenters. The van der Waals surface area contributed by atoms with E-state index in [9.17, 15) is 9.59 Å². The zero-order valence-electron chi connectivity index (χ0n) is 15.9. The average Bonchev–Trinajstić information content (AvgIpc) is 3.13. The van der Waals surface area contributed by atoms with Gasteiger partial charge in [-0.25, -0.2) is 4.79 Å². The van der Waals surface area contributed by atoms with Gasteiger partial charge in [0.05, 0.1) is 10.7 Å². The first kappa shape index (κ1) is 19.0. The van der Waals surface area contributed by atoms with Gasteiger partial charge < -0.3 is 15.5 Å². The number of anilines is 3. The van der Waals surface area contributed by atoms with Gasteiger partial charge in [-0.1, -0.05) is 41.9 Å². The number of halogens is 1. The Morgan fingerprint density at radius 2 is 1.76 bits per heavy atom. The van der Waals surface area contributed by atoms with Gasteiger partial charge in [-0.15, -0.1) is 0 Å². The van der Waals surface area contributed by atoms with Crippen molar-refractivity contribution in [2.75, 3.05) is 22.1 Å². The van der Waals surface area contributed by atoms with Crippen LogP contribution in [-0.4, -0.2) is 18.5 Å². The summed E-state index contributed by atoms with van der Waals surface area (Å²) >= 11 is 6.18. The molecule has 0 spiro atoms. The second kappa shape index (κ2) is 7.97. The fourth-order valence-corrected chi connectivity index (χ4v) is 3.69. The second-order valence-corrected chi connectivity index (χ2v) is 7.39. The number of carbonyl (C=O) groups excluding carboxylic acids is 2. The standard InChI is InChI=1S/C23H20ClN3O2/c1-15-7-10-20(19(24)13-15)26-23(29)25-18-9-8-16-11-12-27(21(16)14-18)22(28)17-5-3-2-4-6-17/h2-10,13-14H,11-12H2,1H3,(H2,25,26,29). The van der Waals surface area contributed by atoms with Gasteiger partial charge in [-0.3, -0.25) is 4.79 Å². The van der Waals surface area contributed by atoms with Crippen LogP contribution in [0.5, 0.6) is 0 Å². The van der Waals surface area contributed by atoms with Crippen molar-refractivity contribution in [3.8, 4) is 0 Å². The molecule has 0 saturated carbocycles. The van der Waals surface area contributed by atoms with Gasteiger partial charge in [0.25, 0.3) is 5.91 Å². The number of amides is 3. The number of benzene rings is 3. The molecule has 3 amide bonds. The van der Waals surface area contributed by atoms with Crippen molar-refractivity contribution in [3.05, 3.63) is 88.4 Å². The molecule has 5 nitrogen and oxygen atoms in total. The first-order chi connectivity index (χ1) is 14.0. The van der Waals surface area contributed by atoms with E-state index in [1.165, 1.54) is 0 Å². The van der Waals surface area contributed by atoms with E-state index >= 15 is 0 Å². The Morgan fingerprint density at radius 1 is 0.966 bits per heavy atom. The summed E-state index contributed by atoms with van der Waals surface area (Å²) in [6, 6.07) is 19.9. The van der Waals surface area contributed by atoms with E-state index < -0.39 is 6.03 Å². The van der Waals surface area contributed by atoms with E-state index in [0.717, 1.165) is 23.2 Å². The van der Waals surface area contributed by atoms with Crippen molar-refractivity contribution < 1.29 is 9.59 Å². The van der Waals surface area contributed by atoms with E-state index in [4.69, 9.17) is 11.6 Å². The van der Waals surface area contributed by atoms with Crippen molar-refractivity contribution >= 4 is 40.6 Å². The molecule has 1 aliphatic heterocycles. The number of nitrogens with zero attached hydrogens (tertiary/aromatic N) is 1. The van der Waals surface area contributed by atoms with Gasteiger partial charge in [-0.2, -0.15) is 0 Å². The van der Waals surface area contributed by atoms with Crippen LogP contribution in [-0.2, 0) is 6.42 Å². The summed E-state index contributed by atoms with van der Waals surface area (Å²) in [5, 5.41) is 6.05. The number of nitrogens with one attached hydrogen (secondary N) is 2. The SMILES string of the molecule is Cc1ccc(NC(=O)Nc2ccc3c(c2)N(C(=O)c2ccccc2)CC3)c(Cl)c1. The largest absolute Gasteiger partial charge is 0.323 e. The lowest BCUT2D eigenvalue weighted by Crippen LogP contribution is -2.29. The summed E-state index contributed by atoms with van der Waals surface area (Å²) in [7, 11) is 0. The van der Waals surface area contributed by atoms with E-state index in [2.05, 4.69) is 10.6 Å². The molecule has 3 aromatic carbocycles. The Morgan fingerprint density at radius 3 is 2.52 bits per heavy atom. The van der Waals surface area contributed by atoms with Crippen molar-refractivity contribution in [2.24, 2.45) is 0 Å². The van der Waals surface area contributed by atoms with Crippen molar-refractivity contribution in [3.63, 3.8) is 0 Å². The van der Waals surface area contributed by atoms with Crippen LogP contribution < -0.4 is 15.5 Å². The number of urea groups is 1. The summed E-state index contributed by atoms with van der Waals surface area (Å²) in [6.07, 6.45) is 0.791. The minimum atomic E-state index is -0.394. The highest BCUT2D eigenvalue weighted by Gasteiger charge is 2.26. The predicted molar refractivity (Wildman–Crippen MR) is 117 cm³/mol. The Balaban J connectivity index is 1.50. The van der Waals surface area contributed by atoms with E-state index in [0.29, 0.717) is 28.5 Å². The fraction of sp³-hybridized carbons (Fsp3) is 0.130. The third-order valence-corrected chi connectivity index (χ3v) is 5.19. The van der Waals surface area contributed by atoms with Crippen LogP contribution in [0.4, 0.5) is 21.9 Å². The fourth-order valence-electron chi connectivity index (χ4n) is 3.41. The monoisotopic (exact) mass is 405 g/mol. The molecule has 6 heteroatoms. The Labute approximate surface area is 174 Å². The van der Waals surface area contributed by atoms with Crippen molar-refractivity contribution in [1.29, 1.82) is 0 Å². The highest BCUT2D eigenvalue weighted by molar-refractivity contribution is 6.33. The molecule has 0 fully saturated rings. The number of aryl methyl sites for hydroxylation is 1. The zero-order chi connectivity index (χ0) is 20.4. The lowest BCUT2D eigenvalue weighted by molar-refractivity contribution is 0.0989. The summed E-state index contributed by atoms with van der Waals surface area (Å²) < 4.78 is 0. The normalized spacial score (nSPS) is 12.4. The first-order valence-corrected chi connectivity index (χ1v) is 9.73. The second-order valence-electron chi connectivity index (χ2n) is 6.98. The molecule has 3 aromatic rings. The summed E-state index contributed by atoms with van der Waals surface area (Å²) in [5.74, 6) is -0.0441. The number of hydrogen-bond donors (Lipinski definition) is 2. The van der Waals surface area contributed by atoms with Crippen LogP contribution >= 0.6 is 11.6 Å². The number of hydrogen-bond acceptors (Lipinski definition) is 2. The van der Waals surface area contributed by atoms with Crippen LogP contribution in [0.25, 0.3) is 0 Å². The number of fused-ring (bicyclic) bond motifs is 1. The lowest BCUT2D eigenvalue weighted by atomic mass is 10.1. The molecular formula is C23H20ClN3O2. The number of carbonyl (C=O) groups is 2. The number of rotatable bonds is 3. The molecule has 0 aliphatic carbocycles. The third kappa shape index (κ3) is 4.10. The maximum absolute atomic E-state index is 12.9. The van der Waals surface area contributed by atoms with Gasteiger partial charge in [-0.05, 0) is 60.9 Å². The predicted octanol–water partition coefficient (Wildman–Crippen LogP) is 5.50. The Hall–Kier alpha value is -3.31. The van der Waals surface area contributed by atoms with Crippen molar-refractivity contribution in [2.45, 2.75) is 13.3 Å². The molecule has 29 heavy (non-hydrogen) atoms. The first-order valence-electron chi connectivity index (χ1n) is 9.35. The van der Waals surface area contributed by atoms with E-state index in [-0.39, 0.29) is 5.91 Å². The van der Waals surface area contributed by atoms with E-state index in [1.54, 1.807) is 29.2 Å². The molecule has 1 heterocycles. The van der Waals surface area contributed by atoms with Crippen LogP contribution in [0.3, 0.4) is 0 Å². The molecule has 0 unspecified atom stereocenters. The highest BCUT2D eigenvalue weighted by atomic mass is 35.5. The molecular weight excluding hydrogens is 386 g/mol. The third-order valence-electron chi connectivity index (χ3n) is 4.88. The quantitative estimate of drug-likeness (QED) is 0.604.